The Morgan fingerprint density at radius 1 is 1.05 bits per heavy atom. The highest BCUT2D eigenvalue weighted by Crippen LogP contribution is 2.66. The lowest BCUT2D eigenvalue weighted by Crippen LogP contribution is -2.58. The molecule has 15 atom stereocenters. The normalized spacial score (nSPS) is 48.0. The summed E-state index contributed by atoms with van der Waals surface area (Å²) in [6.07, 6.45) is 1.90. The van der Waals surface area contributed by atoms with E-state index in [1.54, 1.807) is 0 Å². The highest BCUT2D eigenvalue weighted by Gasteiger charge is 2.63. The minimum atomic E-state index is -1.22. The molecule has 5 rings (SSSR count). The molecule has 0 aromatic rings. The van der Waals surface area contributed by atoms with Crippen LogP contribution >= 0.6 is 0 Å². The van der Waals surface area contributed by atoms with Gasteiger partial charge in [0.05, 0.1) is 24.9 Å². The third-order valence-electron chi connectivity index (χ3n) is 12.1. The molecule has 9 nitrogen and oxygen atoms in total. The fraction of sp³-hybridized carbons (Fsp3) is 0.882. The number of methoxy groups -OCH3 is 1. The van der Waals surface area contributed by atoms with Crippen molar-refractivity contribution in [2.24, 2.45) is 40.4 Å². The average Bonchev–Trinajstić information content (AvgIpc) is 3.44. The maximum atomic E-state index is 11.7. The number of aliphatic hydroxyl groups excluding tert-OH is 6. The number of hydrogen-bond donors (Lipinski definition) is 6. The Kier molecular flexibility index (Phi) is 9.91. The van der Waals surface area contributed by atoms with Crippen LogP contribution in [0.25, 0.3) is 0 Å². The minimum absolute atomic E-state index is 0.0148. The van der Waals surface area contributed by atoms with E-state index in [0.717, 1.165) is 36.8 Å². The zero-order chi connectivity index (χ0) is 31.4. The Morgan fingerprint density at radius 3 is 2.42 bits per heavy atom. The smallest absolute Gasteiger partial charge is 0.187 e. The van der Waals surface area contributed by atoms with Gasteiger partial charge >= 0.3 is 0 Å². The summed E-state index contributed by atoms with van der Waals surface area (Å²) < 4.78 is 18.1. The highest BCUT2D eigenvalue weighted by molar-refractivity contribution is 5.40. The molecule has 3 saturated carbocycles. The fourth-order valence-electron chi connectivity index (χ4n) is 9.90. The van der Waals surface area contributed by atoms with Crippen molar-refractivity contribution >= 4 is 0 Å². The van der Waals surface area contributed by atoms with E-state index in [4.69, 9.17) is 14.2 Å². The lowest BCUT2D eigenvalue weighted by Gasteiger charge is -2.59. The Balaban J connectivity index is 1.52. The molecule has 0 amide bonds. The molecule has 4 fully saturated rings. The van der Waals surface area contributed by atoms with Crippen molar-refractivity contribution < 1.29 is 44.8 Å². The van der Waals surface area contributed by atoms with Crippen molar-refractivity contribution in [3.8, 4) is 0 Å². The summed E-state index contributed by atoms with van der Waals surface area (Å²) in [5.41, 5.74) is 1.61. The first-order valence-corrected chi connectivity index (χ1v) is 16.5. The van der Waals surface area contributed by atoms with Gasteiger partial charge in [0.15, 0.2) is 6.29 Å². The van der Waals surface area contributed by atoms with Crippen molar-refractivity contribution in [1.29, 1.82) is 0 Å². The molecule has 0 spiro atoms. The summed E-state index contributed by atoms with van der Waals surface area (Å²) in [4.78, 5) is 0. The molecule has 0 unspecified atom stereocenters. The second kappa shape index (κ2) is 12.7. The lowest BCUT2D eigenvalue weighted by molar-refractivity contribution is -0.212. The molecule has 9 heteroatoms. The first-order chi connectivity index (χ1) is 20.3. The van der Waals surface area contributed by atoms with Gasteiger partial charge in [-0.1, -0.05) is 52.3 Å². The van der Waals surface area contributed by atoms with E-state index < -0.39 is 55.6 Å². The summed E-state index contributed by atoms with van der Waals surface area (Å²) >= 11 is 0. The molecule has 246 valence electrons. The average molecular weight is 609 g/mol. The van der Waals surface area contributed by atoms with Crippen molar-refractivity contribution in [2.45, 2.75) is 135 Å². The van der Waals surface area contributed by atoms with E-state index in [-0.39, 0.29) is 40.6 Å². The van der Waals surface area contributed by atoms with Gasteiger partial charge < -0.3 is 44.8 Å². The van der Waals surface area contributed by atoms with Crippen LogP contribution in [0.15, 0.2) is 23.3 Å². The third kappa shape index (κ3) is 5.69. The fourth-order valence-corrected chi connectivity index (χ4v) is 9.90. The zero-order valence-electron chi connectivity index (χ0n) is 26.8. The maximum absolute atomic E-state index is 11.7. The summed E-state index contributed by atoms with van der Waals surface area (Å²) in [5, 5.41) is 64.7. The predicted molar refractivity (Wildman–Crippen MR) is 161 cm³/mol. The van der Waals surface area contributed by atoms with E-state index in [9.17, 15) is 30.6 Å². The van der Waals surface area contributed by atoms with Gasteiger partial charge in [0.25, 0.3) is 0 Å². The summed E-state index contributed by atoms with van der Waals surface area (Å²) in [6.45, 7) is 10.6. The van der Waals surface area contributed by atoms with Gasteiger partial charge in [0.1, 0.15) is 30.5 Å². The van der Waals surface area contributed by atoms with Crippen LogP contribution in [-0.4, -0.2) is 99.5 Å². The number of aliphatic hydroxyl groups is 6. The molecule has 0 radical (unpaired) electrons. The number of hydrogen-bond acceptors (Lipinski definition) is 9. The molecule has 0 aromatic heterocycles. The molecule has 4 aliphatic carbocycles. The first kappa shape index (κ1) is 33.5. The van der Waals surface area contributed by atoms with Crippen molar-refractivity contribution in [3.05, 3.63) is 23.3 Å². The SMILES string of the molecule is CO[C@@H]1[C@@H](O)[C@H](O[C@@H]2CC3=C4[C@@H](O)[C@@H](O)[C@H]5C[C@H](O)CC[C@]5(C)[C@H]4CC[C@]3(C)[C@H]2[C@H](C)/C=C/CC(C)C)O[C@H]1[C@H](O)CO. The molecule has 0 bridgehead atoms. The molecular weight excluding hydrogens is 552 g/mol. The van der Waals surface area contributed by atoms with Gasteiger partial charge in [-0.3, -0.25) is 0 Å². The molecule has 1 aliphatic heterocycles. The molecule has 6 N–H and O–H groups in total. The Labute approximate surface area is 256 Å². The van der Waals surface area contributed by atoms with Crippen molar-refractivity contribution in [1.82, 2.24) is 0 Å². The summed E-state index contributed by atoms with van der Waals surface area (Å²) in [5.74, 6) is 0.633. The van der Waals surface area contributed by atoms with Crippen LogP contribution in [0.4, 0.5) is 0 Å². The van der Waals surface area contributed by atoms with Gasteiger partial charge in [-0.2, -0.15) is 0 Å². The molecule has 43 heavy (non-hydrogen) atoms. The van der Waals surface area contributed by atoms with Crippen molar-refractivity contribution in [2.75, 3.05) is 13.7 Å². The Hall–Kier alpha value is -0.880. The van der Waals surface area contributed by atoms with Crippen molar-refractivity contribution in [3.63, 3.8) is 0 Å². The standard InChI is InChI=1S/C34H56O9/c1-17(2)8-7-9-18(3)26-24(42-32-29(40)31(41-6)30(43-32)23(37)16-35)15-21-25-20(11-13-34(21,26)5)33(4)12-10-19(36)14-22(33)27(38)28(25)39/h7,9,17-20,22-24,26-32,35-40H,8,10-16H2,1-6H3/b9-7+/t18-,19-,20+,22-,23-,24-,26+,27+,28-,29-,30+,31-,32-,33-,34+/m1/s1. The predicted octanol–water partition coefficient (Wildman–Crippen LogP) is 2.70. The van der Waals surface area contributed by atoms with Crippen LogP contribution in [0, 0.1) is 40.4 Å². The van der Waals surface area contributed by atoms with Crippen LogP contribution in [0.1, 0.15) is 79.6 Å². The van der Waals surface area contributed by atoms with Crippen LogP contribution in [0.3, 0.4) is 0 Å². The van der Waals surface area contributed by atoms with E-state index >= 15 is 0 Å². The van der Waals surface area contributed by atoms with Gasteiger partial charge in [-0.25, -0.2) is 0 Å². The van der Waals surface area contributed by atoms with E-state index in [2.05, 4.69) is 46.8 Å². The van der Waals surface area contributed by atoms with Crippen LogP contribution in [-0.2, 0) is 14.2 Å². The molecule has 0 aromatic carbocycles. The molecule has 1 heterocycles. The summed E-state index contributed by atoms with van der Waals surface area (Å²) in [7, 11) is 1.44. The van der Waals surface area contributed by atoms with Gasteiger partial charge in [0, 0.05) is 13.0 Å². The maximum Gasteiger partial charge on any atom is 0.187 e. The summed E-state index contributed by atoms with van der Waals surface area (Å²) in [6, 6.07) is 0. The molecular formula is C34H56O9. The van der Waals surface area contributed by atoms with Gasteiger partial charge in [-0.15, -0.1) is 0 Å². The number of allylic oxidation sites excluding steroid dienone is 2. The second-order valence-electron chi connectivity index (χ2n) is 15.1. The lowest BCUT2D eigenvalue weighted by atomic mass is 9.47. The molecule has 1 saturated heterocycles. The quantitative estimate of drug-likeness (QED) is 0.217. The minimum Gasteiger partial charge on any atom is -0.394 e. The van der Waals surface area contributed by atoms with Crippen LogP contribution in [0.2, 0.25) is 0 Å². The second-order valence-corrected chi connectivity index (χ2v) is 15.1. The van der Waals surface area contributed by atoms with E-state index in [1.165, 1.54) is 7.11 Å². The Morgan fingerprint density at radius 2 is 1.77 bits per heavy atom. The van der Waals surface area contributed by atoms with Crippen LogP contribution in [0.5, 0.6) is 0 Å². The first-order valence-electron chi connectivity index (χ1n) is 16.5. The van der Waals surface area contributed by atoms with E-state index in [1.807, 2.05) is 0 Å². The largest absolute Gasteiger partial charge is 0.394 e. The van der Waals surface area contributed by atoms with Gasteiger partial charge in [-0.05, 0) is 85.0 Å². The molecule has 5 aliphatic rings. The topological polar surface area (TPSA) is 149 Å². The number of ether oxygens (including phenoxy) is 3. The Bertz CT molecular complexity index is 1040. The highest BCUT2D eigenvalue weighted by atomic mass is 16.7. The van der Waals surface area contributed by atoms with E-state index in [0.29, 0.717) is 25.2 Å². The number of fused-ring (bicyclic) bond motifs is 4. The number of rotatable bonds is 9. The third-order valence-corrected chi connectivity index (χ3v) is 12.1. The monoisotopic (exact) mass is 608 g/mol. The zero-order valence-corrected chi connectivity index (χ0v) is 26.8. The van der Waals surface area contributed by atoms with Gasteiger partial charge in [0.2, 0.25) is 0 Å². The van der Waals surface area contributed by atoms with Crippen LogP contribution < -0.4 is 0 Å².